The number of amides is 1. The van der Waals surface area contributed by atoms with Crippen LogP contribution in [0.3, 0.4) is 0 Å². The van der Waals surface area contributed by atoms with E-state index in [2.05, 4.69) is 28.2 Å². The average molecular weight is 429 g/mol. The lowest BCUT2D eigenvalue weighted by atomic mass is 10.1. The first-order valence-electron chi connectivity index (χ1n) is 11.9. The predicted octanol–water partition coefficient (Wildman–Crippen LogP) is 2.59. The highest BCUT2D eigenvalue weighted by atomic mass is 16.5. The fourth-order valence-electron chi connectivity index (χ4n) is 4.67. The van der Waals surface area contributed by atoms with Gasteiger partial charge in [-0.1, -0.05) is 18.2 Å². The normalized spacial score (nSPS) is 22.5. The van der Waals surface area contributed by atoms with Crippen molar-refractivity contribution in [1.82, 2.24) is 10.2 Å². The quantitative estimate of drug-likeness (QED) is 0.557. The number of piperidine rings is 1. The van der Waals surface area contributed by atoms with Gasteiger partial charge in [-0.3, -0.25) is 4.79 Å². The Morgan fingerprint density at radius 2 is 2.03 bits per heavy atom. The van der Waals surface area contributed by atoms with Gasteiger partial charge >= 0.3 is 0 Å². The molecule has 3 heterocycles. The summed E-state index contributed by atoms with van der Waals surface area (Å²) in [5, 5.41) is 3.36. The highest BCUT2D eigenvalue weighted by Gasteiger charge is 2.26. The van der Waals surface area contributed by atoms with Crippen molar-refractivity contribution in [3.8, 4) is 0 Å². The number of rotatable bonds is 6. The van der Waals surface area contributed by atoms with Gasteiger partial charge < -0.3 is 24.6 Å². The molecule has 0 aromatic heterocycles. The lowest BCUT2D eigenvalue weighted by Gasteiger charge is -2.35. The number of guanidine groups is 1. The van der Waals surface area contributed by atoms with Crippen LogP contribution in [0.5, 0.6) is 0 Å². The van der Waals surface area contributed by atoms with Crippen LogP contribution >= 0.6 is 0 Å². The smallest absolute Gasteiger partial charge is 0.248 e. The molecule has 0 spiro atoms. The second-order valence-electron chi connectivity index (χ2n) is 8.60. The van der Waals surface area contributed by atoms with Gasteiger partial charge in [0.05, 0.1) is 18.8 Å². The number of hydrogen-bond donors (Lipinski definition) is 1. The summed E-state index contributed by atoms with van der Waals surface area (Å²) in [5.41, 5.74) is 2.28. The largest absolute Gasteiger partial charge is 0.376 e. The summed E-state index contributed by atoms with van der Waals surface area (Å²) in [7, 11) is 0. The van der Waals surface area contributed by atoms with Crippen molar-refractivity contribution in [3.05, 3.63) is 29.8 Å². The van der Waals surface area contributed by atoms with Crippen molar-refractivity contribution < 1.29 is 14.3 Å². The lowest BCUT2D eigenvalue weighted by Crippen LogP contribution is -2.47. The van der Waals surface area contributed by atoms with E-state index in [0.717, 1.165) is 70.1 Å². The number of carbonyl (C=O) groups excluding carboxylic acids is 1. The fourth-order valence-corrected chi connectivity index (χ4v) is 4.67. The number of likely N-dealkylation sites (tertiary alicyclic amines) is 1. The third-order valence-corrected chi connectivity index (χ3v) is 6.42. The molecule has 1 amide bonds. The molecule has 1 aromatic carbocycles. The van der Waals surface area contributed by atoms with Crippen molar-refractivity contribution in [2.45, 2.75) is 57.7 Å². The van der Waals surface area contributed by atoms with Gasteiger partial charge in [0.1, 0.15) is 6.54 Å². The third kappa shape index (κ3) is 5.77. The molecule has 1 N–H and O–H groups in total. The number of fused-ring (bicyclic) bond motifs is 1. The maximum Gasteiger partial charge on any atom is 0.248 e. The average Bonchev–Trinajstić information content (AvgIpc) is 3.26. The molecule has 0 saturated carbocycles. The topological polar surface area (TPSA) is 66.4 Å². The number of aliphatic imine (C=N–C) groups is 1. The monoisotopic (exact) mass is 428 g/mol. The molecule has 2 fully saturated rings. The van der Waals surface area contributed by atoms with E-state index in [1.165, 1.54) is 18.4 Å². The zero-order valence-electron chi connectivity index (χ0n) is 18.7. The summed E-state index contributed by atoms with van der Waals surface area (Å²) < 4.78 is 11.9. The summed E-state index contributed by atoms with van der Waals surface area (Å²) in [6.45, 7) is 7.14. The molecule has 7 nitrogen and oxygen atoms in total. The number of para-hydroxylation sites is 1. The van der Waals surface area contributed by atoms with Crippen molar-refractivity contribution >= 4 is 17.6 Å². The van der Waals surface area contributed by atoms with Gasteiger partial charge in [0.25, 0.3) is 0 Å². The first-order chi connectivity index (χ1) is 15.2. The highest BCUT2D eigenvalue weighted by molar-refractivity contribution is 5.98. The summed E-state index contributed by atoms with van der Waals surface area (Å²) in [5.74, 6) is 0.892. The van der Waals surface area contributed by atoms with Crippen LogP contribution < -0.4 is 10.2 Å². The third-order valence-electron chi connectivity index (χ3n) is 6.42. The van der Waals surface area contributed by atoms with E-state index in [0.29, 0.717) is 6.61 Å². The Labute approximate surface area is 185 Å². The van der Waals surface area contributed by atoms with Crippen LogP contribution in [0.1, 0.15) is 44.6 Å². The van der Waals surface area contributed by atoms with Crippen molar-refractivity contribution in [2.75, 3.05) is 50.8 Å². The van der Waals surface area contributed by atoms with Crippen LogP contribution in [0.25, 0.3) is 0 Å². The Hall–Kier alpha value is -2.12. The summed E-state index contributed by atoms with van der Waals surface area (Å²) in [6, 6.07) is 8.15. The highest BCUT2D eigenvalue weighted by Crippen LogP contribution is 2.27. The minimum absolute atomic E-state index is 0.0612. The minimum atomic E-state index is 0.0612. The molecule has 4 rings (SSSR count). The van der Waals surface area contributed by atoms with E-state index in [-0.39, 0.29) is 24.7 Å². The van der Waals surface area contributed by atoms with E-state index in [1.807, 2.05) is 23.1 Å². The molecule has 7 heteroatoms. The van der Waals surface area contributed by atoms with Gasteiger partial charge in [-0.2, -0.15) is 0 Å². The number of ether oxygens (including phenoxy) is 2. The number of hydrogen-bond acceptors (Lipinski definition) is 4. The first kappa shape index (κ1) is 22.1. The Morgan fingerprint density at radius 3 is 2.81 bits per heavy atom. The van der Waals surface area contributed by atoms with E-state index in [9.17, 15) is 4.79 Å². The fraction of sp³-hybridized carbons (Fsp3) is 0.667. The summed E-state index contributed by atoms with van der Waals surface area (Å²) >= 11 is 0. The molecule has 1 aromatic rings. The predicted molar refractivity (Wildman–Crippen MR) is 123 cm³/mol. The summed E-state index contributed by atoms with van der Waals surface area (Å²) in [4.78, 5) is 21.6. The zero-order chi connectivity index (χ0) is 21.5. The van der Waals surface area contributed by atoms with Gasteiger partial charge in [0, 0.05) is 38.5 Å². The van der Waals surface area contributed by atoms with Gasteiger partial charge in [-0.05, 0) is 57.1 Å². The maximum atomic E-state index is 12.8. The Bertz CT molecular complexity index is 755. The van der Waals surface area contributed by atoms with E-state index >= 15 is 0 Å². The van der Waals surface area contributed by atoms with Gasteiger partial charge in [0.2, 0.25) is 5.91 Å². The minimum Gasteiger partial charge on any atom is -0.376 e. The van der Waals surface area contributed by atoms with Gasteiger partial charge in [0.15, 0.2) is 5.96 Å². The van der Waals surface area contributed by atoms with Crippen molar-refractivity contribution in [2.24, 2.45) is 4.99 Å². The number of carbonyl (C=O) groups is 1. The van der Waals surface area contributed by atoms with E-state index < -0.39 is 0 Å². The number of nitrogens with one attached hydrogen (secondary N) is 1. The molecular weight excluding hydrogens is 392 g/mol. The second-order valence-corrected chi connectivity index (χ2v) is 8.60. The van der Waals surface area contributed by atoms with Crippen LogP contribution in [0.2, 0.25) is 0 Å². The van der Waals surface area contributed by atoms with Crippen LogP contribution in [0.15, 0.2) is 29.3 Å². The molecule has 1 atom stereocenters. The van der Waals surface area contributed by atoms with Crippen molar-refractivity contribution in [1.29, 1.82) is 0 Å². The van der Waals surface area contributed by atoms with Crippen LogP contribution in [0, 0.1) is 0 Å². The molecule has 2 saturated heterocycles. The summed E-state index contributed by atoms with van der Waals surface area (Å²) in [6.07, 6.45) is 6.97. The Morgan fingerprint density at radius 1 is 1.19 bits per heavy atom. The van der Waals surface area contributed by atoms with Crippen LogP contribution in [0.4, 0.5) is 5.69 Å². The SMILES string of the molecule is CCNC(=NCC(=O)N1CCc2ccccc21)N1CCC(OCC2CCCCO2)CC1. The second kappa shape index (κ2) is 11.0. The standard InChI is InChI=1S/C24H36N4O3/c1-2-25-24(26-17-23(29)28-15-10-19-7-3-4-9-22(19)28)27-13-11-20(12-14-27)31-18-21-8-5-6-16-30-21/h3-4,7,9,20-21H,2,5-6,8,10-18H2,1H3,(H,25,26). The van der Waals surface area contributed by atoms with Crippen LogP contribution in [-0.4, -0.2) is 74.9 Å². The lowest BCUT2D eigenvalue weighted by molar-refractivity contribution is -0.117. The molecule has 0 aliphatic carbocycles. The maximum absolute atomic E-state index is 12.8. The number of anilines is 1. The molecule has 0 bridgehead atoms. The molecule has 3 aliphatic heterocycles. The van der Waals surface area contributed by atoms with Gasteiger partial charge in [-0.15, -0.1) is 0 Å². The molecule has 31 heavy (non-hydrogen) atoms. The van der Waals surface area contributed by atoms with E-state index in [4.69, 9.17) is 9.47 Å². The van der Waals surface area contributed by atoms with Crippen LogP contribution in [-0.2, 0) is 20.7 Å². The number of nitrogens with zero attached hydrogens (tertiary/aromatic N) is 3. The Balaban J connectivity index is 1.27. The molecule has 3 aliphatic rings. The molecule has 1 unspecified atom stereocenters. The molecule has 0 radical (unpaired) electrons. The van der Waals surface area contributed by atoms with Gasteiger partial charge in [-0.25, -0.2) is 4.99 Å². The van der Waals surface area contributed by atoms with Crippen molar-refractivity contribution in [3.63, 3.8) is 0 Å². The molecule has 170 valence electrons. The van der Waals surface area contributed by atoms with E-state index in [1.54, 1.807) is 0 Å². The zero-order valence-corrected chi connectivity index (χ0v) is 18.7. The first-order valence-corrected chi connectivity index (χ1v) is 11.9. The Kier molecular flexibility index (Phi) is 7.81. The molecular formula is C24H36N4O3. The number of benzene rings is 1.